The Bertz CT molecular complexity index is 1030. The molecule has 3 amide bonds. The van der Waals surface area contributed by atoms with Crippen LogP contribution in [0.2, 0.25) is 5.02 Å². The molecular formula is C20H15BrClN3O3. The van der Waals surface area contributed by atoms with Crippen molar-refractivity contribution in [3.05, 3.63) is 81.8 Å². The van der Waals surface area contributed by atoms with Crippen LogP contribution in [0, 0.1) is 0 Å². The van der Waals surface area contributed by atoms with E-state index in [2.05, 4.69) is 31.9 Å². The predicted octanol–water partition coefficient (Wildman–Crippen LogP) is 5.70. The fourth-order valence-electron chi connectivity index (χ4n) is 2.44. The summed E-state index contributed by atoms with van der Waals surface area (Å²) in [4.78, 5) is 24.8. The van der Waals surface area contributed by atoms with Crippen LogP contribution in [0.4, 0.5) is 21.9 Å². The Morgan fingerprint density at radius 3 is 2.18 bits per heavy atom. The first kappa shape index (κ1) is 19.7. The molecule has 0 unspecified atom stereocenters. The number of anilines is 3. The number of para-hydroxylation sites is 2. The van der Waals surface area contributed by atoms with Gasteiger partial charge in [-0.1, -0.05) is 41.9 Å². The summed E-state index contributed by atoms with van der Waals surface area (Å²) < 4.78 is 0.702. The van der Waals surface area contributed by atoms with Crippen molar-refractivity contribution in [1.29, 1.82) is 0 Å². The zero-order chi connectivity index (χ0) is 20.1. The van der Waals surface area contributed by atoms with E-state index in [0.29, 0.717) is 15.8 Å². The molecule has 0 radical (unpaired) electrons. The molecule has 0 saturated heterocycles. The highest BCUT2D eigenvalue weighted by Gasteiger charge is 2.20. The summed E-state index contributed by atoms with van der Waals surface area (Å²) in [7, 11) is 0. The van der Waals surface area contributed by atoms with Crippen LogP contribution in [-0.4, -0.2) is 17.0 Å². The summed E-state index contributed by atoms with van der Waals surface area (Å²) in [5.41, 5.74) is 1.01. The number of benzene rings is 3. The van der Waals surface area contributed by atoms with Crippen molar-refractivity contribution >= 4 is 56.5 Å². The van der Waals surface area contributed by atoms with E-state index >= 15 is 0 Å². The first-order chi connectivity index (χ1) is 13.5. The van der Waals surface area contributed by atoms with Gasteiger partial charge in [0, 0.05) is 10.2 Å². The number of carbonyl (C=O) groups is 2. The number of urea groups is 1. The van der Waals surface area contributed by atoms with Crippen LogP contribution in [0.25, 0.3) is 0 Å². The topological polar surface area (TPSA) is 90.5 Å². The minimum atomic E-state index is -0.594. The molecule has 0 aliphatic rings. The molecule has 0 saturated carbocycles. The number of phenols is 1. The lowest BCUT2D eigenvalue weighted by Gasteiger charge is -2.14. The number of rotatable bonds is 4. The molecule has 0 spiro atoms. The molecule has 8 heteroatoms. The van der Waals surface area contributed by atoms with Gasteiger partial charge >= 0.3 is 6.03 Å². The zero-order valence-corrected chi connectivity index (χ0v) is 16.7. The van der Waals surface area contributed by atoms with E-state index < -0.39 is 17.7 Å². The van der Waals surface area contributed by atoms with Crippen LogP contribution in [0.3, 0.4) is 0 Å². The molecule has 0 atom stereocenters. The largest absolute Gasteiger partial charge is 0.505 e. The van der Waals surface area contributed by atoms with Crippen molar-refractivity contribution in [2.75, 3.05) is 16.0 Å². The number of amides is 3. The maximum absolute atomic E-state index is 12.5. The molecule has 0 aromatic heterocycles. The number of nitrogens with one attached hydrogen (secondary N) is 3. The summed E-state index contributed by atoms with van der Waals surface area (Å²) >= 11 is 9.43. The van der Waals surface area contributed by atoms with Gasteiger partial charge in [-0.25, -0.2) is 4.79 Å². The van der Waals surface area contributed by atoms with Crippen molar-refractivity contribution in [1.82, 2.24) is 0 Å². The molecule has 3 rings (SSSR count). The monoisotopic (exact) mass is 459 g/mol. The fraction of sp³-hybridized carbons (Fsp3) is 0. The molecule has 4 N–H and O–H groups in total. The lowest BCUT2D eigenvalue weighted by atomic mass is 10.1. The van der Waals surface area contributed by atoms with Crippen molar-refractivity contribution in [3.63, 3.8) is 0 Å². The van der Waals surface area contributed by atoms with Crippen LogP contribution in [0.5, 0.6) is 5.75 Å². The number of hydrogen-bond acceptors (Lipinski definition) is 3. The van der Waals surface area contributed by atoms with E-state index in [-0.39, 0.29) is 16.3 Å². The van der Waals surface area contributed by atoms with E-state index in [1.165, 1.54) is 12.1 Å². The van der Waals surface area contributed by atoms with Gasteiger partial charge in [0.15, 0.2) is 5.75 Å². The summed E-state index contributed by atoms with van der Waals surface area (Å²) in [6.45, 7) is 0. The van der Waals surface area contributed by atoms with Gasteiger partial charge in [-0.15, -0.1) is 0 Å². The highest BCUT2D eigenvalue weighted by atomic mass is 79.9. The molecule has 0 fully saturated rings. The molecule has 0 aliphatic carbocycles. The maximum atomic E-state index is 12.5. The van der Waals surface area contributed by atoms with Gasteiger partial charge in [-0.3, -0.25) is 4.79 Å². The predicted molar refractivity (Wildman–Crippen MR) is 114 cm³/mol. The van der Waals surface area contributed by atoms with Gasteiger partial charge in [0.05, 0.1) is 16.4 Å². The van der Waals surface area contributed by atoms with Gasteiger partial charge in [0.2, 0.25) is 0 Å². The second-order valence-electron chi connectivity index (χ2n) is 5.70. The number of halogens is 2. The third-order valence-corrected chi connectivity index (χ3v) is 4.76. The molecule has 3 aromatic rings. The zero-order valence-electron chi connectivity index (χ0n) is 14.4. The number of phenolic OH excluding ortho intramolecular Hbond substituents is 1. The SMILES string of the molecule is O=C(Nc1ccccc1Br)Nc1ccc(Cl)c(C(=O)Nc2ccccc2)c1O. The molecular weight excluding hydrogens is 446 g/mol. The van der Waals surface area contributed by atoms with Crippen LogP contribution in [0.1, 0.15) is 10.4 Å². The number of aromatic hydroxyl groups is 1. The van der Waals surface area contributed by atoms with Crippen LogP contribution >= 0.6 is 27.5 Å². The quantitative estimate of drug-likeness (QED) is 0.376. The van der Waals surface area contributed by atoms with Crippen LogP contribution < -0.4 is 16.0 Å². The third-order valence-electron chi connectivity index (χ3n) is 3.76. The van der Waals surface area contributed by atoms with Crippen molar-refractivity contribution in [2.24, 2.45) is 0 Å². The third kappa shape index (κ3) is 4.62. The van der Waals surface area contributed by atoms with Crippen molar-refractivity contribution in [3.8, 4) is 5.75 Å². The van der Waals surface area contributed by atoms with E-state index in [0.717, 1.165) is 0 Å². The minimum Gasteiger partial charge on any atom is -0.505 e. The Hall–Kier alpha value is -3.03. The van der Waals surface area contributed by atoms with Crippen molar-refractivity contribution in [2.45, 2.75) is 0 Å². The molecule has 0 heterocycles. The van der Waals surface area contributed by atoms with Gasteiger partial charge in [0.1, 0.15) is 5.56 Å². The average molecular weight is 461 g/mol. The highest BCUT2D eigenvalue weighted by molar-refractivity contribution is 9.10. The van der Waals surface area contributed by atoms with E-state index in [9.17, 15) is 14.7 Å². The molecule has 6 nitrogen and oxygen atoms in total. The summed E-state index contributed by atoms with van der Waals surface area (Å²) in [6.07, 6.45) is 0. The van der Waals surface area contributed by atoms with Gasteiger partial charge in [0.25, 0.3) is 5.91 Å². The van der Waals surface area contributed by atoms with Crippen LogP contribution in [-0.2, 0) is 0 Å². The first-order valence-corrected chi connectivity index (χ1v) is 9.33. The Morgan fingerprint density at radius 2 is 1.46 bits per heavy atom. The minimum absolute atomic E-state index is 0.0483. The number of hydrogen-bond donors (Lipinski definition) is 4. The molecule has 0 aliphatic heterocycles. The van der Waals surface area contributed by atoms with Gasteiger partial charge in [-0.2, -0.15) is 0 Å². The summed E-state index contributed by atoms with van der Waals surface area (Å²) in [5.74, 6) is -1.02. The van der Waals surface area contributed by atoms with Gasteiger partial charge in [-0.05, 0) is 52.3 Å². The average Bonchev–Trinajstić information content (AvgIpc) is 2.67. The fourth-order valence-corrected chi connectivity index (χ4v) is 3.06. The lowest BCUT2D eigenvalue weighted by Crippen LogP contribution is -2.20. The second kappa shape index (κ2) is 8.77. The highest BCUT2D eigenvalue weighted by Crippen LogP contribution is 2.34. The summed E-state index contributed by atoms with van der Waals surface area (Å²) in [6, 6.07) is 18.1. The van der Waals surface area contributed by atoms with E-state index in [4.69, 9.17) is 11.6 Å². The summed E-state index contributed by atoms with van der Waals surface area (Å²) in [5, 5.41) is 18.4. The van der Waals surface area contributed by atoms with E-state index in [1.807, 2.05) is 12.1 Å². The number of carbonyl (C=O) groups excluding carboxylic acids is 2. The molecule has 0 bridgehead atoms. The Morgan fingerprint density at radius 1 is 0.821 bits per heavy atom. The maximum Gasteiger partial charge on any atom is 0.323 e. The first-order valence-electron chi connectivity index (χ1n) is 8.16. The molecule has 3 aromatic carbocycles. The van der Waals surface area contributed by atoms with Crippen LogP contribution in [0.15, 0.2) is 71.2 Å². The normalized spacial score (nSPS) is 10.2. The second-order valence-corrected chi connectivity index (χ2v) is 6.96. The molecule has 28 heavy (non-hydrogen) atoms. The lowest BCUT2D eigenvalue weighted by molar-refractivity contribution is 0.102. The van der Waals surface area contributed by atoms with Gasteiger partial charge < -0.3 is 21.1 Å². The standard InChI is InChI=1S/C20H15BrClN3O3/c21-13-8-4-5-9-15(13)24-20(28)25-16-11-10-14(22)17(18(16)26)19(27)23-12-6-2-1-3-7-12/h1-11,26H,(H,23,27)(H2,24,25,28). The Balaban J connectivity index is 1.79. The Labute approximate surface area is 174 Å². The van der Waals surface area contributed by atoms with Crippen molar-refractivity contribution < 1.29 is 14.7 Å². The Kier molecular flexibility index (Phi) is 6.18. The van der Waals surface area contributed by atoms with E-state index in [1.54, 1.807) is 42.5 Å². The molecule has 142 valence electrons. The smallest absolute Gasteiger partial charge is 0.323 e.